The molecule has 2 aromatic heterocycles. The molecule has 2 aliphatic heterocycles. The molecule has 5 heteroatoms. The maximum Gasteiger partial charge on any atom is 0.138 e. The average Bonchev–Trinajstić information content (AvgIpc) is 2.39. The molecule has 84 valence electrons. The number of rotatable bonds is 0. The first kappa shape index (κ1) is 9.94. The summed E-state index contributed by atoms with van der Waals surface area (Å²) in [4.78, 5) is 8.85. The van der Waals surface area contributed by atoms with E-state index in [0.717, 1.165) is 21.2 Å². The van der Waals surface area contributed by atoms with E-state index in [-0.39, 0.29) is 10.9 Å². The number of pyridine rings is 2. The van der Waals surface area contributed by atoms with E-state index in [9.17, 15) is 0 Å². The van der Waals surface area contributed by atoms with Crippen LogP contribution in [0.4, 0.5) is 0 Å². The molecule has 0 radical (unpaired) electrons. The number of ether oxygens (including phenoxy) is 1. The summed E-state index contributed by atoms with van der Waals surface area (Å²) >= 11 is 3.34. The molecule has 2 aromatic rings. The molecule has 17 heavy (non-hydrogen) atoms. The number of aromatic nitrogens is 2. The first-order valence-corrected chi connectivity index (χ1v) is 7.06. The molecule has 0 saturated heterocycles. The normalized spacial score (nSPS) is 24.9. The van der Waals surface area contributed by atoms with Gasteiger partial charge in [-0.1, -0.05) is 35.7 Å². The van der Waals surface area contributed by atoms with Gasteiger partial charge in [0, 0.05) is 23.5 Å². The summed E-state index contributed by atoms with van der Waals surface area (Å²) in [7, 11) is 0. The lowest BCUT2D eigenvalue weighted by Crippen LogP contribution is -2.18. The van der Waals surface area contributed by atoms with Gasteiger partial charge < -0.3 is 4.74 Å². The van der Waals surface area contributed by atoms with E-state index >= 15 is 0 Å². The van der Waals surface area contributed by atoms with Crippen LogP contribution in [0.2, 0.25) is 0 Å². The van der Waals surface area contributed by atoms with E-state index in [1.54, 1.807) is 23.5 Å². The Balaban J connectivity index is 1.86. The number of nitrogens with zero attached hydrogens (tertiary/aromatic N) is 2. The van der Waals surface area contributed by atoms with Gasteiger partial charge in [0.25, 0.3) is 0 Å². The summed E-state index contributed by atoms with van der Waals surface area (Å²) in [6, 6.07) is 8.07. The molecule has 0 aromatic carbocycles. The van der Waals surface area contributed by atoms with Crippen molar-refractivity contribution in [3.05, 3.63) is 47.8 Å². The average molecular weight is 260 g/mol. The zero-order valence-electron chi connectivity index (χ0n) is 8.74. The van der Waals surface area contributed by atoms with Gasteiger partial charge in [-0.3, -0.25) is 0 Å². The van der Waals surface area contributed by atoms with Crippen LogP contribution in [-0.4, -0.2) is 9.97 Å². The van der Waals surface area contributed by atoms with Crippen molar-refractivity contribution in [2.75, 3.05) is 0 Å². The van der Waals surface area contributed by atoms with Crippen LogP contribution in [0.1, 0.15) is 22.0 Å². The van der Waals surface area contributed by atoms with E-state index in [2.05, 4.69) is 22.1 Å². The molecular weight excluding hydrogens is 252 g/mol. The zero-order chi connectivity index (χ0) is 11.2. The number of hydrogen-bond acceptors (Lipinski definition) is 5. The van der Waals surface area contributed by atoms with Crippen molar-refractivity contribution in [3.8, 4) is 0 Å². The molecular formula is C12H8N2OS2. The summed E-state index contributed by atoms with van der Waals surface area (Å²) in [6.07, 6.45) is 3.67. The van der Waals surface area contributed by atoms with Crippen LogP contribution in [0.3, 0.4) is 0 Å². The smallest absolute Gasteiger partial charge is 0.138 e. The van der Waals surface area contributed by atoms with Gasteiger partial charge in [-0.25, -0.2) is 9.97 Å². The van der Waals surface area contributed by atoms with Crippen LogP contribution < -0.4 is 0 Å². The SMILES string of the molecule is c1cnc2c(c1)C1OC(S2)c2cccnc2S1. The predicted octanol–water partition coefficient (Wildman–Crippen LogP) is 3.40. The lowest BCUT2D eigenvalue weighted by molar-refractivity contribution is 0.0768. The van der Waals surface area contributed by atoms with Gasteiger partial charge >= 0.3 is 0 Å². The third-order valence-corrected chi connectivity index (χ3v) is 5.08. The monoisotopic (exact) mass is 260 g/mol. The fourth-order valence-electron chi connectivity index (χ4n) is 2.01. The topological polar surface area (TPSA) is 35.0 Å². The largest absolute Gasteiger partial charge is 0.343 e. The number of fused-ring (bicyclic) bond motifs is 6. The Morgan fingerprint density at radius 2 is 1.41 bits per heavy atom. The Kier molecular flexibility index (Phi) is 2.18. The Morgan fingerprint density at radius 3 is 1.94 bits per heavy atom. The molecule has 4 rings (SSSR count). The molecule has 4 heterocycles. The zero-order valence-corrected chi connectivity index (χ0v) is 10.4. The van der Waals surface area contributed by atoms with Crippen molar-refractivity contribution in [2.24, 2.45) is 0 Å². The second-order valence-electron chi connectivity index (χ2n) is 3.83. The minimum atomic E-state index is 0.0346. The molecule has 0 amide bonds. The third kappa shape index (κ3) is 1.50. The Bertz CT molecular complexity index is 539. The quantitative estimate of drug-likeness (QED) is 0.725. The number of hydrogen-bond donors (Lipinski definition) is 0. The molecule has 2 aliphatic rings. The molecule has 0 spiro atoms. The first-order chi connectivity index (χ1) is 8.42. The van der Waals surface area contributed by atoms with Gasteiger partial charge in [0.15, 0.2) is 0 Å². The maximum atomic E-state index is 6.02. The summed E-state index contributed by atoms with van der Waals surface area (Å²) in [5.74, 6) is 0. The standard InChI is InChI=1S/C12H8N2OS2/c1-3-7-9(13-5-1)16-12-8-4-2-6-14-10(8)17-11(7)15-12/h1-6,11-12H. The molecule has 2 unspecified atom stereocenters. The molecule has 3 nitrogen and oxygen atoms in total. The molecule has 0 saturated carbocycles. The third-order valence-electron chi connectivity index (χ3n) is 2.79. The molecule has 0 aliphatic carbocycles. The first-order valence-electron chi connectivity index (χ1n) is 5.30. The van der Waals surface area contributed by atoms with E-state index in [1.807, 2.05) is 24.5 Å². The second-order valence-corrected chi connectivity index (χ2v) is 5.93. The highest BCUT2D eigenvalue weighted by Crippen LogP contribution is 2.57. The van der Waals surface area contributed by atoms with Crippen molar-refractivity contribution in [1.29, 1.82) is 0 Å². The molecule has 0 fully saturated rings. The second kappa shape index (κ2) is 3.73. The van der Waals surface area contributed by atoms with Gasteiger partial charge in [-0.15, -0.1) is 0 Å². The van der Waals surface area contributed by atoms with Crippen molar-refractivity contribution >= 4 is 23.5 Å². The van der Waals surface area contributed by atoms with Crippen LogP contribution in [-0.2, 0) is 4.74 Å². The summed E-state index contributed by atoms with van der Waals surface area (Å²) in [5, 5.41) is 2.16. The van der Waals surface area contributed by atoms with E-state index in [1.165, 1.54) is 0 Å². The van der Waals surface area contributed by atoms with Gasteiger partial charge in [0.2, 0.25) is 0 Å². The highest BCUT2D eigenvalue weighted by molar-refractivity contribution is 8.01. The highest BCUT2D eigenvalue weighted by Gasteiger charge is 2.37. The molecule has 0 N–H and O–H groups in total. The van der Waals surface area contributed by atoms with Gasteiger partial charge in [0.05, 0.1) is 0 Å². The van der Waals surface area contributed by atoms with Crippen LogP contribution in [0.5, 0.6) is 0 Å². The van der Waals surface area contributed by atoms with E-state index in [4.69, 9.17) is 4.74 Å². The Labute approximate surface area is 107 Å². The van der Waals surface area contributed by atoms with E-state index in [0.29, 0.717) is 0 Å². The summed E-state index contributed by atoms with van der Waals surface area (Å²) in [5.41, 5.74) is 2.39. The van der Waals surface area contributed by atoms with Crippen molar-refractivity contribution < 1.29 is 4.74 Å². The van der Waals surface area contributed by atoms with Crippen LogP contribution in [0.25, 0.3) is 0 Å². The molecule has 2 atom stereocenters. The van der Waals surface area contributed by atoms with Gasteiger partial charge in [0.1, 0.15) is 20.9 Å². The maximum absolute atomic E-state index is 6.02. The van der Waals surface area contributed by atoms with Gasteiger partial charge in [-0.2, -0.15) is 0 Å². The predicted molar refractivity (Wildman–Crippen MR) is 66.8 cm³/mol. The molecule has 2 bridgehead atoms. The van der Waals surface area contributed by atoms with Crippen molar-refractivity contribution in [2.45, 2.75) is 20.9 Å². The van der Waals surface area contributed by atoms with Crippen LogP contribution in [0, 0.1) is 0 Å². The van der Waals surface area contributed by atoms with Crippen LogP contribution in [0.15, 0.2) is 46.7 Å². The highest BCUT2D eigenvalue weighted by atomic mass is 32.2. The van der Waals surface area contributed by atoms with Crippen molar-refractivity contribution in [3.63, 3.8) is 0 Å². The van der Waals surface area contributed by atoms with Gasteiger partial charge in [-0.05, 0) is 12.1 Å². The summed E-state index contributed by atoms with van der Waals surface area (Å²) < 4.78 is 6.02. The van der Waals surface area contributed by atoms with E-state index < -0.39 is 0 Å². The lowest BCUT2D eigenvalue weighted by Gasteiger charge is -2.35. The minimum Gasteiger partial charge on any atom is -0.343 e. The lowest BCUT2D eigenvalue weighted by atomic mass is 10.2. The number of thioether (sulfide) groups is 2. The fourth-order valence-corrected chi connectivity index (χ4v) is 4.46. The Morgan fingerprint density at radius 1 is 0.882 bits per heavy atom. The summed E-state index contributed by atoms with van der Waals surface area (Å²) in [6.45, 7) is 0. The minimum absolute atomic E-state index is 0.0346. The Hall–Kier alpha value is -1.04. The van der Waals surface area contributed by atoms with Crippen LogP contribution >= 0.6 is 23.5 Å². The fraction of sp³-hybridized carbons (Fsp3) is 0.167. The van der Waals surface area contributed by atoms with Crippen molar-refractivity contribution in [1.82, 2.24) is 9.97 Å².